The molecule has 0 fully saturated rings. The molecule has 0 bridgehead atoms. The van der Waals surface area contributed by atoms with Gasteiger partial charge < -0.3 is 10.3 Å². The van der Waals surface area contributed by atoms with Gasteiger partial charge in [0.2, 0.25) is 0 Å². The Bertz CT molecular complexity index is 31.8. The smallest absolute Gasteiger partial charge is 0.870 e. The molecule has 0 unspecified atom stereocenters. The molecule has 32 valence electrons. The predicted molar refractivity (Wildman–Crippen MR) is 18.3 cm³/mol. The minimum Gasteiger partial charge on any atom is -0.870 e. The van der Waals surface area contributed by atoms with Gasteiger partial charge in [-0.15, -0.1) is 0 Å². The largest absolute Gasteiger partial charge is 1.00 e. The van der Waals surface area contributed by atoms with Crippen LogP contribution in [-0.2, 0) is 4.79 Å². The fourth-order valence-corrected chi connectivity index (χ4v) is 0. The second-order valence-electron chi connectivity index (χ2n) is 0.908. The summed E-state index contributed by atoms with van der Waals surface area (Å²) in [6.45, 7) is 3.06. The Morgan fingerprint density at radius 2 is 1.33 bits per heavy atom. The molecule has 1 N–H and O–H groups in total. The maximum Gasteiger partial charge on any atom is 1.00 e. The van der Waals surface area contributed by atoms with E-state index < -0.39 is 0 Å². The van der Waals surface area contributed by atoms with E-state index in [1.165, 1.54) is 13.8 Å². The molecule has 2 nitrogen and oxygen atoms in total. The number of rotatable bonds is 0. The van der Waals surface area contributed by atoms with E-state index in [0.717, 1.165) is 0 Å². The van der Waals surface area contributed by atoms with Crippen molar-refractivity contribution < 1.29 is 39.8 Å². The molecule has 0 saturated carbocycles. The zero-order chi connectivity index (χ0) is 3.58. The maximum atomic E-state index is 9.44. The monoisotopic (exact) mass is 98.0 g/mol. The van der Waals surface area contributed by atoms with Gasteiger partial charge in [0.1, 0.15) is 5.78 Å². The van der Waals surface area contributed by atoms with Crippen LogP contribution >= 0.6 is 0 Å². The van der Waals surface area contributed by atoms with E-state index in [1.54, 1.807) is 0 Å². The molecule has 6 heavy (non-hydrogen) atoms. The Balaban J connectivity index is -0.0000000450. The SMILES string of the molecule is CC(C)=O.[Na+].[OH-]. The fraction of sp³-hybridized carbons (Fsp3) is 0.667. The van der Waals surface area contributed by atoms with Crippen molar-refractivity contribution in [2.45, 2.75) is 13.8 Å². The van der Waals surface area contributed by atoms with Crippen molar-refractivity contribution in [1.82, 2.24) is 0 Å². The van der Waals surface area contributed by atoms with Gasteiger partial charge in [0.05, 0.1) is 0 Å². The summed E-state index contributed by atoms with van der Waals surface area (Å²) in [5.41, 5.74) is 0. The van der Waals surface area contributed by atoms with Gasteiger partial charge in [-0.3, -0.25) is 0 Å². The van der Waals surface area contributed by atoms with Crippen molar-refractivity contribution in [3.8, 4) is 0 Å². The van der Waals surface area contributed by atoms with Crippen LogP contribution in [0.15, 0.2) is 0 Å². The average molecular weight is 98.1 g/mol. The molecule has 0 aliphatic rings. The van der Waals surface area contributed by atoms with Crippen molar-refractivity contribution in [2.24, 2.45) is 0 Å². The minimum absolute atomic E-state index is 0. The van der Waals surface area contributed by atoms with Crippen LogP contribution in [0.2, 0.25) is 0 Å². The van der Waals surface area contributed by atoms with Gasteiger partial charge in [0.25, 0.3) is 0 Å². The molecule has 0 amide bonds. The van der Waals surface area contributed by atoms with Crippen LogP contribution in [-0.4, -0.2) is 11.3 Å². The number of carbonyl (C=O) groups is 1. The van der Waals surface area contributed by atoms with Crippen molar-refractivity contribution >= 4 is 5.78 Å². The van der Waals surface area contributed by atoms with E-state index in [4.69, 9.17) is 0 Å². The van der Waals surface area contributed by atoms with Crippen LogP contribution in [0.1, 0.15) is 13.8 Å². The molecule has 0 aliphatic carbocycles. The maximum absolute atomic E-state index is 9.44. The van der Waals surface area contributed by atoms with E-state index in [9.17, 15) is 4.79 Å². The first kappa shape index (κ1) is 15.9. The summed E-state index contributed by atoms with van der Waals surface area (Å²) in [6, 6.07) is 0. The van der Waals surface area contributed by atoms with Crippen molar-refractivity contribution in [2.75, 3.05) is 0 Å². The minimum atomic E-state index is 0. The number of hydrogen-bond acceptors (Lipinski definition) is 2. The van der Waals surface area contributed by atoms with Gasteiger partial charge >= 0.3 is 29.6 Å². The normalized spacial score (nSPS) is 4.33. The van der Waals surface area contributed by atoms with Crippen LogP contribution in [0.3, 0.4) is 0 Å². The fourth-order valence-electron chi connectivity index (χ4n) is 0. The van der Waals surface area contributed by atoms with E-state index in [2.05, 4.69) is 0 Å². The van der Waals surface area contributed by atoms with Gasteiger partial charge in [0, 0.05) is 0 Å². The van der Waals surface area contributed by atoms with E-state index in [0.29, 0.717) is 0 Å². The van der Waals surface area contributed by atoms with Crippen LogP contribution in [0.25, 0.3) is 0 Å². The van der Waals surface area contributed by atoms with E-state index in [-0.39, 0.29) is 40.8 Å². The third kappa shape index (κ3) is 154. The quantitative estimate of drug-likeness (QED) is 0.312. The Labute approximate surface area is 59.5 Å². The number of ketones is 1. The topological polar surface area (TPSA) is 47.1 Å². The van der Waals surface area contributed by atoms with Crippen molar-refractivity contribution in [1.29, 1.82) is 0 Å². The number of carbonyl (C=O) groups excluding carboxylic acids is 1. The first-order valence-electron chi connectivity index (χ1n) is 1.20. The van der Waals surface area contributed by atoms with Gasteiger partial charge in [-0.25, -0.2) is 0 Å². The number of Topliss-reactive ketones (excluding diaryl/α,β-unsaturated/α-hetero) is 1. The third-order valence-corrected chi connectivity index (χ3v) is 0. The standard InChI is InChI=1S/C3H6O.Na.H2O/c1-3(2)4;;/h1-2H3;;1H2/q;+1;/p-1. The van der Waals surface area contributed by atoms with Gasteiger partial charge in [-0.1, -0.05) is 0 Å². The Kier molecular flexibility index (Phi) is 24.3. The van der Waals surface area contributed by atoms with Crippen LogP contribution in [0, 0.1) is 0 Å². The first-order valence-corrected chi connectivity index (χ1v) is 1.20. The molecule has 0 radical (unpaired) electrons. The average Bonchev–Trinajstić information content (AvgIpc) is 0.811. The van der Waals surface area contributed by atoms with Gasteiger partial charge in [-0.05, 0) is 13.8 Å². The molecule has 0 spiro atoms. The molecule has 0 rings (SSSR count). The molecular weight excluding hydrogens is 91.0 g/mol. The molecule has 0 saturated heterocycles. The molecule has 0 aromatic heterocycles. The zero-order valence-corrected chi connectivity index (χ0v) is 6.36. The van der Waals surface area contributed by atoms with E-state index >= 15 is 0 Å². The summed E-state index contributed by atoms with van der Waals surface area (Å²) >= 11 is 0. The van der Waals surface area contributed by atoms with Crippen LogP contribution in [0.4, 0.5) is 0 Å². The molecule has 0 aromatic carbocycles. The van der Waals surface area contributed by atoms with Crippen molar-refractivity contribution in [3.05, 3.63) is 0 Å². The summed E-state index contributed by atoms with van der Waals surface area (Å²) in [5, 5.41) is 0. The Morgan fingerprint density at radius 1 is 1.33 bits per heavy atom. The first-order chi connectivity index (χ1) is 1.73. The summed E-state index contributed by atoms with van der Waals surface area (Å²) in [5.74, 6) is 0.167. The molecule has 0 heterocycles. The number of hydrogen-bond donors (Lipinski definition) is 0. The third-order valence-electron chi connectivity index (χ3n) is 0. The molecule has 3 heteroatoms. The summed E-state index contributed by atoms with van der Waals surface area (Å²) in [6.07, 6.45) is 0. The Hall–Kier alpha value is 0.630. The van der Waals surface area contributed by atoms with E-state index in [1.807, 2.05) is 0 Å². The summed E-state index contributed by atoms with van der Waals surface area (Å²) < 4.78 is 0. The predicted octanol–water partition coefficient (Wildman–Crippen LogP) is -2.58. The second kappa shape index (κ2) is 9.16. The second-order valence-corrected chi connectivity index (χ2v) is 0.908. The van der Waals surface area contributed by atoms with Crippen LogP contribution in [0.5, 0.6) is 0 Å². The molecular formula is C3H7NaO2. The summed E-state index contributed by atoms with van der Waals surface area (Å²) in [4.78, 5) is 9.44. The van der Waals surface area contributed by atoms with Gasteiger partial charge in [-0.2, -0.15) is 0 Å². The van der Waals surface area contributed by atoms with Crippen molar-refractivity contribution in [3.63, 3.8) is 0 Å². The van der Waals surface area contributed by atoms with Crippen LogP contribution < -0.4 is 29.6 Å². The summed E-state index contributed by atoms with van der Waals surface area (Å²) in [7, 11) is 0. The Morgan fingerprint density at radius 3 is 1.33 bits per heavy atom. The zero-order valence-electron chi connectivity index (χ0n) is 4.36. The van der Waals surface area contributed by atoms with Gasteiger partial charge in [0.15, 0.2) is 0 Å². The molecule has 0 aliphatic heterocycles. The molecule has 0 aromatic rings. The molecule has 0 atom stereocenters.